The molecule has 1 aromatic rings. The van der Waals surface area contributed by atoms with Crippen LogP contribution in [0.3, 0.4) is 0 Å². The van der Waals surface area contributed by atoms with Crippen LogP contribution in [0.4, 0.5) is 0 Å². The molecule has 0 radical (unpaired) electrons. The van der Waals surface area contributed by atoms with E-state index in [9.17, 15) is 9.59 Å². The maximum Gasteiger partial charge on any atom is 0.340 e. The Morgan fingerprint density at radius 1 is 1.48 bits per heavy atom. The van der Waals surface area contributed by atoms with Crippen molar-refractivity contribution < 1.29 is 4.79 Å². The van der Waals surface area contributed by atoms with Gasteiger partial charge >= 0.3 is 5.69 Å². The number of H-pyrrole nitrogens is 2. The molecule has 0 aromatic carbocycles. The maximum absolute atomic E-state index is 12.1. The fourth-order valence-electron chi connectivity index (χ4n) is 2.85. The highest BCUT2D eigenvalue weighted by atomic mass is 16.2. The van der Waals surface area contributed by atoms with Gasteiger partial charge in [0.1, 0.15) is 0 Å². The Labute approximate surface area is 124 Å². The number of carbonyl (C=O) groups excluding carboxylic acids is 1. The van der Waals surface area contributed by atoms with Crippen LogP contribution >= 0.6 is 0 Å². The summed E-state index contributed by atoms with van der Waals surface area (Å²) in [5.74, 6) is 0.954. The molecule has 1 aliphatic heterocycles. The lowest BCUT2D eigenvalue weighted by atomic mass is 9.93. The summed E-state index contributed by atoms with van der Waals surface area (Å²) in [6.45, 7) is 7.35. The average Bonchev–Trinajstić information content (AvgIpc) is 2.88. The molecule has 1 saturated heterocycles. The number of hydrogen-bond acceptors (Lipinski definition) is 4. The second-order valence-electron chi connectivity index (χ2n) is 5.84. The number of carbonyl (C=O) groups is 1. The van der Waals surface area contributed by atoms with E-state index in [0.717, 1.165) is 32.5 Å². The number of piperidine rings is 1. The predicted octanol–water partition coefficient (Wildman–Crippen LogP) is 0.787. The van der Waals surface area contributed by atoms with Crippen molar-refractivity contribution in [1.82, 2.24) is 25.4 Å². The van der Waals surface area contributed by atoms with Crippen molar-refractivity contribution in [3.05, 3.63) is 16.3 Å². The minimum absolute atomic E-state index is 0.0280. The fourth-order valence-corrected chi connectivity index (χ4v) is 2.85. The zero-order valence-electron chi connectivity index (χ0n) is 12.8. The van der Waals surface area contributed by atoms with E-state index in [4.69, 9.17) is 0 Å². The molecule has 1 fully saturated rings. The topological polar surface area (TPSA) is 93.9 Å². The predicted molar refractivity (Wildman–Crippen MR) is 79.8 cm³/mol. The van der Waals surface area contributed by atoms with Gasteiger partial charge in [-0.3, -0.25) is 9.78 Å². The van der Waals surface area contributed by atoms with E-state index < -0.39 is 0 Å². The summed E-state index contributed by atoms with van der Waals surface area (Å²) < 4.78 is 0. The van der Waals surface area contributed by atoms with Crippen LogP contribution in [-0.4, -0.2) is 45.6 Å². The minimum atomic E-state index is -0.352. The van der Waals surface area contributed by atoms with Crippen LogP contribution in [0.25, 0.3) is 0 Å². The van der Waals surface area contributed by atoms with Crippen molar-refractivity contribution in [2.24, 2.45) is 5.92 Å². The molecule has 1 aliphatic rings. The number of hydrogen-bond donors (Lipinski definition) is 3. The Bertz CT molecular complexity index is 501. The highest BCUT2D eigenvalue weighted by Crippen LogP contribution is 2.20. The minimum Gasteiger partial charge on any atom is -0.346 e. The number of aromatic nitrogens is 3. The molecule has 21 heavy (non-hydrogen) atoms. The molecule has 0 spiro atoms. The van der Waals surface area contributed by atoms with Crippen LogP contribution in [0.2, 0.25) is 0 Å². The van der Waals surface area contributed by atoms with Crippen LogP contribution in [0.15, 0.2) is 4.79 Å². The first kappa shape index (κ1) is 15.8. The number of nitrogens with zero attached hydrogens (tertiary/aromatic N) is 2. The molecule has 1 aromatic heterocycles. The molecule has 3 N–H and O–H groups in total. The first-order valence-corrected chi connectivity index (χ1v) is 7.74. The second kappa shape index (κ2) is 7.40. The molecule has 118 valence electrons. The number of rotatable bonds is 6. The Balaban J connectivity index is 1.74. The van der Waals surface area contributed by atoms with E-state index >= 15 is 0 Å². The van der Waals surface area contributed by atoms with Crippen molar-refractivity contribution >= 4 is 5.91 Å². The molecule has 1 amide bonds. The SMILES string of the molecule is CCCN1CCC(CC(=O)N[C@@H](C)c2n[nH]c(=O)[nH]2)CC1. The zero-order valence-corrected chi connectivity index (χ0v) is 12.8. The summed E-state index contributed by atoms with van der Waals surface area (Å²) in [5.41, 5.74) is -0.352. The van der Waals surface area contributed by atoms with Crippen LogP contribution in [-0.2, 0) is 4.79 Å². The average molecular weight is 295 g/mol. The van der Waals surface area contributed by atoms with Gasteiger partial charge in [0.15, 0.2) is 5.82 Å². The summed E-state index contributed by atoms with van der Waals surface area (Å²) in [6.07, 6.45) is 3.91. The van der Waals surface area contributed by atoms with Gasteiger partial charge in [0.25, 0.3) is 0 Å². The second-order valence-corrected chi connectivity index (χ2v) is 5.84. The molecular formula is C14H25N5O2. The molecule has 2 rings (SSSR count). The van der Waals surface area contributed by atoms with Crippen LogP contribution in [0, 0.1) is 5.92 Å². The molecule has 0 bridgehead atoms. The molecule has 7 nitrogen and oxygen atoms in total. The Hall–Kier alpha value is -1.63. The van der Waals surface area contributed by atoms with Crippen LogP contribution < -0.4 is 11.0 Å². The van der Waals surface area contributed by atoms with Crippen LogP contribution in [0.1, 0.15) is 51.4 Å². The van der Waals surface area contributed by atoms with Gasteiger partial charge in [0.2, 0.25) is 5.91 Å². The molecule has 1 atom stereocenters. The third-order valence-electron chi connectivity index (χ3n) is 4.03. The van der Waals surface area contributed by atoms with Gasteiger partial charge in [-0.1, -0.05) is 6.92 Å². The van der Waals surface area contributed by atoms with Gasteiger partial charge in [0, 0.05) is 6.42 Å². The summed E-state index contributed by atoms with van der Waals surface area (Å²) in [6, 6.07) is -0.281. The summed E-state index contributed by atoms with van der Waals surface area (Å²) in [4.78, 5) is 28.1. The fraction of sp³-hybridized carbons (Fsp3) is 0.786. The standard InChI is InChI=1S/C14H25N5O2/c1-3-6-19-7-4-11(5-8-19)9-12(20)15-10(2)13-16-14(21)18-17-13/h10-11H,3-9H2,1-2H3,(H,15,20)(H2,16,17,18,21)/t10-/m0/s1. The molecule has 0 saturated carbocycles. The van der Waals surface area contributed by atoms with Gasteiger partial charge < -0.3 is 10.2 Å². The van der Waals surface area contributed by atoms with Gasteiger partial charge in [-0.05, 0) is 51.7 Å². The maximum atomic E-state index is 12.1. The molecule has 0 aliphatic carbocycles. The lowest BCUT2D eigenvalue weighted by Gasteiger charge is -2.31. The highest BCUT2D eigenvalue weighted by molar-refractivity contribution is 5.76. The molecule has 2 heterocycles. The van der Waals surface area contributed by atoms with E-state index in [1.54, 1.807) is 0 Å². The van der Waals surface area contributed by atoms with Crippen LogP contribution in [0.5, 0.6) is 0 Å². The van der Waals surface area contributed by atoms with Gasteiger partial charge in [-0.25, -0.2) is 9.89 Å². The lowest BCUT2D eigenvalue weighted by molar-refractivity contribution is -0.123. The van der Waals surface area contributed by atoms with E-state index in [1.165, 1.54) is 6.42 Å². The number of aromatic amines is 2. The Kier molecular flexibility index (Phi) is 5.55. The third kappa shape index (κ3) is 4.70. The number of nitrogens with one attached hydrogen (secondary N) is 3. The molecule has 7 heteroatoms. The van der Waals surface area contributed by atoms with Gasteiger partial charge in [0.05, 0.1) is 6.04 Å². The number of likely N-dealkylation sites (tertiary alicyclic amines) is 1. The van der Waals surface area contributed by atoms with Gasteiger partial charge in [-0.2, -0.15) is 5.10 Å². The van der Waals surface area contributed by atoms with Crippen molar-refractivity contribution in [3.63, 3.8) is 0 Å². The summed E-state index contributed by atoms with van der Waals surface area (Å²) in [7, 11) is 0. The summed E-state index contributed by atoms with van der Waals surface area (Å²) >= 11 is 0. The highest BCUT2D eigenvalue weighted by Gasteiger charge is 2.22. The summed E-state index contributed by atoms with van der Waals surface area (Å²) in [5, 5.41) is 9.02. The van der Waals surface area contributed by atoms with Crippen molar-refractivity contribution in [1.29, 1.82) is 0 Å². The normalized spacial score (nSPS) is 18.6. The Morgan fingerprint density at radius 2 is 2.19 bits per heavy atom. The van der Waals surface area contributed by atoms with Gasteiger partial charge in [-0.15, -0.1) is 0 Å². The largest absolute Gasteiger partial charge is 0.346 e. The third-order valence-corrected chi connectivity index (χ3v) is 4.03. The molecular weight excluding hydrogens is 270 g/mol. The van der Waals surface area contributed by atoms with E-state index in [2.05, 4.69) is 32.3 Å². The Morgan fingerprint density at radius 3 is 2.76 bits per heavy atom. The smallest absolute Gasteiger partial charge is 0.340 e. The first-order valence-electron chi connectivity index (χ1n) is 7.74. The van der Waals surface area contributed by atoms with E-state index in [-0.39, 0.29) is 17.6 Å². The van der Waals surface area contributed by atoms with E-state index in [0.29, 0.717) is 18.2 Å². The van der Waals surface area contributed by atoms with Crippen molar-refractivity contribution in [2.45, 2.75) is 45.6 Å². The number of amides is 1. The molecule has 0 unspecified atom stereocenters. The van der Waals surface area contributed by atoms with E-state index in [1.807, 2.05) is 6.92 Å². The monoisotopic (exact) mass is 295 g/mol. The van der Waals surface area contributed by atoms with Crippen molar-refractivity contribution in [2.75, 3.05) is 19.6 Å². The quantitative estimate of drug-likeness (QED) is 0.723. The van der Waals surface area contributed by atoms with Crippen molar-refractivity contribution in [3.8, 4) is 0 Å². The first-order chi connectivity index (χ1) is 10.1. The zero-order chi connectivity index (χ0) is 15.2. The lowest BCUT2D eigenvalue weighted by Crippen LogP contribution is -2.36.